The number of benzene rings is 2. The van der Waals surface area contributed by atoms with Crippen LogP contribution in [0.2, 0.25) is 0 Å². The summed E-state index contributed by atoms with van der Waals surface area (Å²) in [5, 5.41) is 2.68. The molecule has 2 aromatic carbocycles. The van der Waals surface area contributed by atoms with Crippen LogP contribution in [0.15, 0.2) is 48.5 Å². The number of methoxy groups -OCH3 is 2. The predicted octanol–water partition coefficient (Wildman–Crippen LogP) is 3.84. The fraction of sp³-hybridized carbons (Fsp3) is 0.316. The van der Waals surface area contributed by atoms with E-state index in [4.69, 9.17) is 14.2 Å². The van der Waals surface area contributed by atoms with Gasteiger partial charge in [-0.25, -0.2) is 0 Å². The first-order valence-electron chi connectivity index (χ1n) is 7.96. The molecule has 0 aromatic heterocycles. The van der Waals surface area contributed by atoms with Crippen LogP contribution in [0.25, 0.3) is 0 Å². The number of thioether (sulfide) groups is 1. The Hall–Kier alpha value is -2.34. The van der Waals surface area contributed by atoms with Crippen molar-refractivity contribution < 1.29 is 19.0 Å². The van der Waals surface area contributed by atoms with E-state index in [0.29, 0.717) is 23.8 Å². The monoisotopic (exact) mass is 361 g/mol. The van der Waals surface area contributed by atoms with Gasteiger partial charge in [-0.05, 0) is 31.2 Å². The van der Waals surface area contributed by atoms with Gasteiger partial charge in [0.15, 0.2) is 0 Å². The molecule has 6 heteroatoms. The van der Waals surface area contributed by atoms with Gasteiger partial charge in [-0.3, -0.25) is 4.79 Å². The second-order valence-electron chi connectivity index (χ2n) is 5.23. The zero-order valence-electron chi connectivity index (χ0n) is 14.7. The fourth-order valence-electron chi connectivity index (χ4n) is 2.12. The van der Waals surface area contributed by atoms with Crippen molar-refractivity contribution >= 4 is 23.4 Å². The molecular weight excluding hydrogens is 338 g/mol. The average Bonchev–Trinajstić information content (AvgIpc) is 2.65. The zero-order chi connectivity index (χ0) is 18.1. The van der Waals surface area contributed by atoms with Crippen molar-refractivity contribution in [1.29, 1.82) is 0 Å². The molecule has 134 valence electrons. The number of para-hydroxylation sites is 1. The van der Waals surface area contributed by atoms with Crippen LogP contribution >= 0.6 is 11.8 Å². The molecule has 0 fully saturated rings. The Bertz CT molecular complexity index is 678. The summed E-state index contributed by atoms with van der Waals surface area (Å²) in [5.41, 5.74) is 0.597. The third-order valence-corrected chi connectivity index (χ3v) is 4.61. The highest BCUT2D eigenvalue weighted by atomic mass is 32.2. The Morgan fingerprint density at radius 2 is 1.84 bits per heavy atom. The lowest BCUT2D eigenvalue weighted by Crippen LogP contribution is -2.23. The summed E-state index contributed by atoms with van der Waals surface area (Å²) in [6, 6.07) is 14.9. The Morgan fingerprint density at radius 3 is 2.52 bits per heavy atom. The summed E-state index contributed by atoms with van der Waals surface area (Å²) in [4.78, 5) is 12.4. The fourth-order valence-corrected chi connectivity index (χ4v) is 2.87. The molecule has 2 rings (SSSR count). The van der Waals surface area contributed by atoms with E-state index in [1.165, 1.54) is 11.8 Å². The van der Waals surface area contributed by atoms with Crippen LogP contribution in [-0.2, 0) is 4.79 Å². The minimum atomic E-state index is -0.213. The van der Waals surface area contributed by atoms with E-state index in [9.17, 15) is 4.79 Å². The number of ether oxygens (including phenoxy) is 3. The predicted molar refractivity (Wildman–Crippen MR) is 102 cm³/mol. The minimum Gasteiger partial charge on any atom is -0.497 e. The Morgan fingerprint density at radius 1 is 1.08 bits per heavy atom. The number of anilines is 1. The number of carbonyl (C=O) groups excluding carboxylic acids is 1. The summed E-state index contributed by atoms with van der Waals surface area (Å²) in [6.45, 7) is 2.42. The van der Waals surface area contributed by atoms with E-state index in [0.717, 1.165) is 11.5 Å². The van der Waals surface area contributed by atoms with Crippen LogP contribution < -0.4 is 19.5 Å². The number of hydrogen-bond acceptors (Lipinski definition) is 5. The largest absolute Gasteiger partial charge is 0.497 e. The van der Waals surface area contributed by atoms with E-state index >= 15 is 0 Å². The Labute approximate surface area is 152 Å². The van der Waals surface area contributed by atoms with E-state index in [2.05, 4.69) is 5.32 Å². The second kappa shape index (κ2) is 9.84. The molecule has 5 nitrogen and oxygen atoms in total. The van der Waals surface area contributed by atoms with Crippen molar-refractivity contribution in [3.8, 4) is 17.2 Å². The zero-order valence-corrected chi connectivity index (χ0v) is 15.5. The first-order valence-corrected chi connectivity index (χ1v) is 9.01. The maximum atomic E-state index is 12.4. The van der Waals surface area contributed by atoms with Crippen molar-refractivity contribution in [2.24, 2.45) is 0 Å². The molecule has 0 spiro atoms. The lowest BCUT2D eigenvalue weighted by Gasteiger charge is -2.15. The third-order valence-electron chi connectivity index (χ3n) is 3.50. The van der Waals surface area contributed by atoms with Crippen LogP contribution in [0, 0.1) is 0 Å². The van der Waals surface area contributed by atoms with Gasteiger partial charge in [0.1, 0.15) is 17.2 Å². The maximum absolute atomic E-state index is 12.4. The van der Waals surface area contributed by atoms with Gasteiger partial charge in [-0.1, -0.05) is 18.2 Å². The highest BCUT2D eigenvalue weighted by Gasteiger charge is 2.16. The summed E-state index contributed by atoms with van der Waals surface area (Å²) in [7, 11) is 3.15. The molecule has 0 aliphatic rings. The van der Waals surface area contributed by atoms with Crippen LogP contribution in [0.4, 0.5) is 5.69 Å². The SMILES string of the molecule is COc1ccc(OC)c(NC(=O)[C@@H](C)SCCOc2ccccc2)c1. The molecule has 1 amide bonds. The van der Waals surface area contributed by atoms with Gasteiger partial charge in [0.05, 0.1) is 31.8 Å². The van der Waals surface area contributed by atoms with Crippen molar-refractivity contribution in [3.63, 3.8) is 0 Å². The van der Waals surface area contributed by atoms with E-state index in [1.807, 2.05) is 37.3 Å². The number of amides is 1. The molecule has 1 atom stereocenters. The highest BCUT2D eigenvalue weighted by Crippen LogP contribution is 2.29. The minimum absolute atomic E-state index is 0.0868. The summed E-state index contributed by atoms with van der Waals surface area (Å²) < 4.78 is 16.1. The Balaban J connectivity index is 1.82. The molecule has 2 aromatic rings. The van der Waals surface area contributed by atoms with Gasteiger partial charge >= 0.3 is 0 Å². The van der Waals surface area contributed by atoms with Gasteiger partial charge in [0, 0.05) is 11.8 Å². The number of carbonyl (C=O) groups is 1. The number of hydrogen-bond donors (Lipinski definition) is 1. The molecule has 25 heavy (non-hydrogen) atoms. The van der Waals surface area contributed by atoms with Gasteiger partial charge in [-0.2, -0.15) is 0 Å². The van der Waals surface area contributed by atoms with Gasteiger partial charge < -0.3 is 19.5 Å². The molecule has 0 heterocycles. The molecule has 0 unspecified atom stereocenters. The Kier molecular flexibility index (Phi) is 7.47. The second-order valence-corrected chi connectivity index (χ2v) is 6.68. The first kappa shape index (κ1) is 19.0. The van der Waals surface area contributed by atoms with Crippen LogP contribution in [0.1, 0.15) is 6.92 Å². The molecule has 0 aliphatic heterocycles. The molecule has 0 aliphatic carbocycles. The van der Waals surface area contributed by atoms with Crippen LogP contribution in [-0.4, -0.2) is 37.7 Å². The molecular formula is C19H23NO4S. The standard InChI is InChI=1S/C19H23NO4S/c1-14(25-12-11-24-15-7-5-4-6-8-15)19(21)20-17-13-16(22-2)9-10-18(17)23-3/h4-10,13-14H,11-12H2,1-3H3,(H,20,21)/t14-/m1/s1. The van der Waals surface area contributed by atoms with E-state index in [1.54, 1.807) is 32.4 Å². The lowest BCUT2D eigenvalue weighted by molar-refractivity contribution is -0.115. The van der Waals surface area contributed by atoms with Crippen LogP contribution in [0.3, 0.4) is 0 Å². The van der Waals surface area contributed by atoms with E-state index in [-0.39, 0.29) is 11.2 Å². The summed E-state index contributed by atoms with van der Waals surface area (Å²) >= 11 is 1.54. The average molecular weight is 361 g/mol. The number of nitrogens with one attached hydrogen (secondary N) is 1. The van der Waals surface area contributed by atoms with Gasteiger partial charge in [0.25, 0.3) is 0 Å². The van der Waals surface area contributed by atoms with Crippen molar-refractivity contribution in [3.05, 3.63) is 48.5 Å². The molecule has 0 saturated carbocycles. The smallest absolute Gasteiger partial charge is 0.237 e. The van der Waals surface area contributed by atoms with Crippen LogP contribution in [0.5, 0.6) is 17.2 Å². The topological polar surface area (TPSA) is 56.8 Å². The lowest BCUT2D eigenvalue weighted by atomic mass is 10.2. The normalized spacial score (nSPS) is 11.5. The summed E-state index contributed by atoms with van der Waals surface area (Å²) in [6.07, 6.45) is 0. The van der Waals surface area contributed by atoms with Crippen molar-refractivity contribution in [2.75, 3.05) is 31.9 Å². The van der Waals surface area contributed by atoms with Crippen molar-refractivity contribution in [2.45, 2.75) is 12.2 Å². The van der Waals surface area contributed by atoms with E-state index < -0.39 is 0 Å². The molecule has 1 N–H and O–H groups in total. The molecule has 0 saturated heterocycles. The maximum Gasteiger partial charge on any atom is 0.237 e. The summed E-state index contributed by atoms with van der Waals surface area (Å²) in [5.74, 6) is 2.72. The van der Waals surface area contributed by atoms with Gasteiger partial charge in [-0.15, -0.1) is 11.8 Å². The molecule has 0 bridgehead atoms. The third kappa shape index (κ3) is 5.90. The molecule has 0 radical (unpaired) electrons. The highest BCUT2D eigenvalue weighted by molar-refractivity contribution is 8.00. The number of rotatable bonds is 9. The quantitative estimate of drug-likeness (QED) is 0.688. The first-order chi connectivity index (χ1) is 12.1. The van der Waals surface area contributed by atoms with Gasteiger partial charge in [0.2, 0.25) is 5.91 Å². The van der Waals surface area contributed by atoms with Crippen molar-refractivity contribution in [1.82, 2.24) is 0 Å².